The molecule has 0 aliphatic carbocycles. The molecule has 0 unspecified atom stereocenters. The zero-order valence-electron chi connectivity index (χ0n) is 13.0. The monoisotopic (exact) mass is 350 g/mol. The minimum atomic E-state index is -0.519. The highest BCUT2D eigenvalue weighted by Gasteiger charge is 2.14. The molecular formula is C17H16ClFN2O3. The molecule has 0 fully saturated rings. The zero-order valence-corrected chi connectivity index (χ0v) is 13.8. The minimum absolute atomic E-state index is 0.0264. The lowest BCUT2D eigenvalue weighted by atomic mass is 10.2. The number of anilines is 1. The summed E-state index contributed by atoms with van der Waals surface area (Å²) in [5.74, 6) is 0.717. The van der Waals surface area contributed by atoms with Crippen LogP contribution in [0.1, 0.15) is 5.56 Å². The van der Waals surface area contributed by atoms with E-state index in [1.165, 1.54) is 18.2 Å². The fourth-order valence-corrected chi connectivity index (χ4v) is 2.61. The summed E-state index contributed by atoms with van der Waals surface area (Å²) in [4.78, 5) is 13.9. The molecule has 0 saturated carbocycles. The van der Waals surface area contributed by atoms with Crippen LogP contribution in [0, 0.1) is 5.82 Å². The maximum absolute atomic E-state index is 13.1. The second-order valence-electron chi connectivity index (χ2n) is 5.54. The van der Waals surface area contributed by atoms with Crippen molar-refractivity contribution in [3.8, 4) is 11.5 Å². The van der Waals surface area contributed by atoms with Crippen molar-refractivity contribution in [3.63, 3.8) is 0 Å². The van der Waals surface area contributed by atoms with E-state index in [-0.39, 0.29) is 24.3 Å². The van der Waals surface area contributed by atoms with Crippen LogP contribution in [0.2, 0.25) is 5.02 Å². The Morgan fingerprint density at radius 1 is 1.25 bits per heavy atom. The standard InChI is InChI=1S/C17H16ClFN2O3/c1-21(8-11-2-5-15-16(6-11)24-10-23-15)9-17(22)20-12-3-4-14(19)13(18)7-12/h2-7H,8-10H2,1H3,(H,20,22). The maximum atomic E-state index is 13.1. The van der Waals surface area contributed by atoms with Crippen molar-refractivity contribution in [2.45, 2.75) is 6.54 Å². The average Bonchev–Trinajstić information content (AvgIpc) is 2.98. The highest BCUT2D eigenvalue weighted by Crippen LogP contribution is 2.32. The lowest BCUT2D eigenvalue weighted by Crippen LogP contribution is -2.29. The van der Waals surface area contributed by atoms with Gasteiger partial charge in [-0.25, -0.2) is 4.39 Å². The molecule has 0 radical (unpaired) electrons. The number of carbonyl (C=O) groups excluding carboxylic acids is 1. The van der Waals surface area contributed by atoms with Crippen LogP contribution in [0.4, 0.5) is 10.1 Å². The Morgan fingerprint density at radius 3 is 2.83 bits per heavy atom. The molecule has 2 aromatic rings. The third-order valence-electron chi connectivity index (χ3n) is 3.51. The number of likely N-dealkylation sites (N-methyl/N-ethyl adjacent to an activating group) is 1. The van der Waals surface area contributed by atoms with Gasteiger partial charge in [-0.3, -0.25) is 9.69 Å². The number of fused-ring (bicyclic) bond motifs is 1. The Morgan fingerprint density at radius 2 is 2.04 bits per heavy atom. The van der Waals surface area contributed by atoms with Gasteiger partial charge in [-0.15, -0.1) is 0 Å². The number of hydrogen-bond donors (Lipinski definition) is 1. The Kier molecular flexibility index (Phi) is 4.87. The summed E-state index contributed by atoms with van der Waals surface area (Å²) >= 11 is 5.70. The first-order chi connectivity index (χ1) is 11.5. The Labute approximate surface area is 143 Å². The molecule has 1 aliphatic heterocycles. The van der Waals surface area contributed by atoms with Crippen LogP contribution in [0.5, 0.6) is 11.5 Å². The van der Waals surface area contributed by atoms with Crippen LogP contribution in [-0.2, 0) is 11.3 Å². The van der Waals surface area contributed by atoms with Crippen molar-refractivity contribution in [1.29, 1.82) is 0 Å². The van der Waals surface area contributed by atoms with Gasteiger partial charge in [0.1, 0.15) is 5.82 Å². The fraction of sp³-hybridized carbons (Fsp3) is 0.235. The van der Waals surface area contributed by atoms with Gasteiger partial charge in [-0.1, -0.05) is 17.7 Å². The minimum Gasteiger partial charge on any atom is -0.454 e. The number of carbonyl (C=O) groups is 1. The van der Waals surface area contributed by atoms with E-state index in [1.54, 1.807) is 0 Å². The van der Waals surface area contributed by atoms with Crippen molar-refractivity contribution in [1.82, 2.24) is 4.90 Å². The molecule has 0 bridgehead atoms. The summed E-state index contributed by atoms with van der Waals surface area (Å²) in [5.41, 5.74) is 1.47. The number of nitrogens with one attached hydrogen (secondary N) is 1. The van der Waals surface area contributed by atoms with E-state index in [2.05, 4.69) is 5.32 Å². The molecule has 1 heterocycles. The zero-order chi connectivity index (χ0) is 17.1. The Hall–Kier alpha value is -2.31. The van der Waals surface area contributed by atoms with Crippen LogP contribution in [0.15, 0.2) is 36.4 Å². The maximum Gasteiger partial charge on any atom is 0.238 e. The second-order valence-corrected chi connectivity index (χ2v) is 5.94. The second kappa shape index (κ2) is 7.07. The van der Waals surface area contributed by atoms with Gasteiger partial charge in [-0.05, 0) is 42.9 Å². The summed E-state index contributed by atoms with van der Waals surface area (Å²) < 4.78 is 23.7. The highest BCUT2D eigenvalue weighted by molar-refractivity contribution is 6.31. The summed E-state index contributed by atoms with van der Waals surface area (Å²) in [6, 6.07) is 9.75. The molecule has 3 rings (SSSR count). The summed E-state index contributed by atoms with van der Waals surface area (Å²) in [6.45, 7) is 0.995. The number of ether oxygens (including phenoxy) is 2. The first-order valence-electron chi connectivity index (χ1n) is 7.33. The van der Waals surface area contributed by atoms with Gasteiger partial charge in [0.2, 0.25) is 12.7 Å². The van der Waals surface area contributed by atoms with Gasteiger partial charge in [0.15, 0.2) is 11.5 Å². The van der Waals surface area contributed by atoms with Crippen LogP contribution < -0.4 is 14.8 Å². The summed E-state index contributed by atoms with van der Waals surface area (Å²) in [5, 5.41) is 2.67. The molecule has 7 heteroatoms. The molecule has 1 amide bonds. The molecule has 0 atom stereocenters. The van der Waals surface area contributed by atoms with Gasteiger partial charge >= 0.3 is 0 Å². The van der Waals surface area contributed by atoms with Crippen molar-refractivity contribution < 1.29 is 18.7 Å². The van der Waals surface area contributed by atoms with Crippen molar-refractivity contribution >= 4 is 23.2 Å². The molecule has 1 aliphatic rings. The van der Waals surface area contributed by atoms with E-state index in [9.17, 15) is 9.18 Å². The molecule has 24 heavy (non-hydrogen) atoms. The number of benzene rings is 2. The van der Waals surface area contributed by atoms with E-state index in [0.717, 1.165) is 11.3 Å². The normalized spacial score (nSPS) is 12.5. The lowest BCUT2D eigenvalue weighted by molar-refractivity contribution is -0.117. The third-order valence-corrected chi connectivity index (χ3v) is 3.80. The highest BCUT2D eigenvalue weighted by atomic mass is 35.5. The van der Waals surface area contributed by atoms with E-state index >= 15 is 0 Å². The molecule has 0 aromatic heterocycles. The van der Waals surface area contributed by atoms with Crippen LogP contribution in [0.25, 0.3) is 0 Å². The van der Waals surface area contributed by atoms with Crippen molar-refractivity contribution in [2.75, 3.05) is 25.7 Å². The number of nitrogens with zero attached hydrogens (tertiary/aromatic N) is 1. The predicted octanol–water partition coefficient (Wildman–Crippen LogP) is 3.28. The van der Waals surface area contributed by atoms with Gasteiger partial charge in [0, 0.05) is 12.2 Å². The SMILES string of the molecule is CN(CC(=O)Nc1ccc(F)c(Cl)c1)Cc1ccc2c(c1)OCO2. The van der Waals surface area contributed by atoms with Crippen LogP contribution >= 0.6 is 11.6 Å². The van der Waals surface area contributed by atoms with E-state index in [4.69, 9.17) is 21.1 Å². The van der Waals surface area contributed by atoms with Gasteiger partial charge in [0.25, 0.3) is 0 Å². The summed E-state index contributed by atoms with van der Waals surface area (Å²) in [7, 11) is 1.84. The molecule has 2 aromatic carbocycles. The first kappa shape index (κ1) is 16.5. The van der Waals surface area contributed by atoms with Crippen molar-refractivity contribution in [2.24, 2.45) is 0 Å². The smallest absolute Gasteiger partial charge is 0.238 e. The van der Waals surface area contributed by atoms with Gasteiger partial charge in [0.05, 0.1) is 11.6 Å². The average molecular weight is 351 g/mol. The number of halogens is 2. The molecule has 0 spiro atoms. The molecule has 0 saturated heterocycles. The van der Waals surface area contributed by atoms with E-state index in [0.29, 0.717) is 18.0 Å². The number of hydrogen-bond acceptors (Lipinski definition) is 4. The largest absolute Gasteiger partial charge is 0.454 e. The van der Waals surface area contributed by atoms with Gasteiger partial charge in [-0.2, -0.15) is 0 Å². The first-order valence-corrected chi connectivity index (χ1v) is 7.71. The van der Waals surface area contributed by atoms with Crippen molar-refractivity contribution in [3.05, 3.63) is 52.8 Å². The third kappa shape index (κ3) is 3.96. The molecule has 126 valence electrons. The molecule has 1 N–H and O–H groups in total. The predicted molar refractivity (Wildman–Crippen MR) is 88.9 cm³/mol. The molecule has 5 nitrogen and oxygen atoms in total. The van der Waals surface area contributed by atoms with E-state index in [1.807, 2.05) is 30.1 Å². The fourth-order valence-electron chi connectivity index (χ4n) is 2.43. The Balaban J connectivity index is 1.55. The van der Waals surface area contributed by atoms with Gasteiger partial charge < -0.3 is 14.8 Å². The van der Waals surface area contributed by atoms with Crippen LogP contribution in [0.3, 0.4) is 0 Å². The topological polar surface area (TPSA) is 50.8 Å². The number of rotatable bonds is 5. The lowest BCUT2D eigenvalue weighted by Gasteiger charge is -2.16. The Bertz CT molecular complexity index is 769. The quantitative estimate of drug-likeness (QED) is 0.899. The molecular weight excluding hydrogens is 335 g/mol. The number of amides is 1. The van der Waals surface area contributed by atoms with E-state index < -0.39 is 5.82 Å². The van der Waals surface area contributed by atoms with Crippen LogP contribution in [-0.4, -0.2) is 31.2 Å². The summed E-state index contributed by atoms with van der Waals surface area (Å²) in [6.07, 6.45) is 0.